The first-order valence-electron chi connectivity index (χ1n) is 3.48. The molecule has 5 heteroatoms. The Bertz CT molecular complexity index is 425. The van der Waals surface area contributed by atoms with Crippen LogP contribution in [-0.4, -0.2) is 19.9 Å². The van der Waals surface area contributed by atoms with Crippen LogP contribution in [0.3, 0.4) is 0 Å². The summed E-state index contributed by atoms with van der Waals surface area (Å²) in [6.45, 7) is 1.77. The molecule has 0 unspecified atom stereocenters. The molecule has 0 aliphatic heterocycles. The number of hydrogen-bond acceptors (Lipinski definition) is 5. The standard InChI is InChI=1S/C7H7N5/c1-4-11-6(8)5-7(12-4)10-3-2-9-5/h2-3H,1H3,(H2,8,10,11,12). The van der Waals surface area contributed by atoms with Gasteiger partial charge in [-0.05, 0) is 6.92 Å². The lowest BCUT2D eigenvalue weighted by atomic mass is 10.4. The molecule has 2 rings (SSSR count). The van der Waals surface area contributed by atoms with Crippen LogP contribution in [0.5, 0.6) is 0 Å². The summed E-state index contributed by atoms with van der Waals surface area (Å²) in [5.41, 5.74) is 6.71. The second kappa shape index (κ2) is 2.37. The molecule has 0 fully saturated rings. The van der Waals surface area contributed by atoms with Gasteiger partial charge in [0.05, 0.1) is 0 Å². The van der Waals surface area contributed by atoms with E-state index in [0.29, 0.717) is 22.8 Å². The van der Waals surface area contributed by atoms with Crippen molar-refractivity contribution in [3.8, 4) is 0 Å². The number of rotatable bonds is 0. The molecule has 0 aliphatic rings. The van der Waals surface area contributed by atoms with Crippen LogP contribution in [0.2, 0.25) is 0 Å². The van der Waals surface area contributed by atoms with E-state index >= 15 is 0 Å². The highest BCUT2D eigenvalue weighted by Gasteiger charge is 2.02. The Balaban J connectivity index is 2.89. The summed E-state index contributed by atoms with van der Waals surface area (Å²) < 4.78 is 0. The van der Waals surface area contributed by atoms with Gasteiger partial charge in [0.25, 0.3) is 0 Å². The minimum atomic E-state index is 0.380. The van der Waals surface area contributed by atoms with Gasteiger partial charge in [-0.1, -0.05) is 0 Å². The van der Waals surface area contributed by atoms with Crippen molar-refractivity contribution < 1.29 is 0 Å². The van der Waals surface area contributed by atoms with Gasteiger partial charge in [-0.3, -0.25) is 0 Å². The highest BCUT2D eigenvalue weighted by Crippen LogP contribution is 2.10. The van der Waals surface area contributed by atoms with Crippen molar-refractivity contribution >= 4 is 17.0 Å². The topological polar surface area (TPSA) is 77.6 Å². The SMILES string of the molecule is Cc1nc(N)c2nccnc2n1. The van der Waals surface area contributed by atoms with Crippen LogP contribution in [0.4, 0.5) is 5.82 Å². The Hall–Kier alpha value is -1.78. The van der Waals surface area contributed by atoms with E-state index in [4.69, 9.17) is 5.73 Å². The van der Waals surface area contributed by atoms with Crippen LogP contribution < -0.4 is 5.73 Å². The molecule has 2 heterocycles. The van der Waals surface area contributed by atoms with Crippen LogP contribution in [0, 0.1) is 6.92 Å². The molecule has 0 radical (unpaired) electrons. The molecule has 0 aliphatic carbocycles. The number of anilines is 1. The molecule has 12 heavy (non-hydrogen) atoms. The van der Waals surface area contributed by atoms with E-state index < -0.39 is 0 Å². The third kappa shape index (κ3) is 0.952. The Morgan fingerprint density at radius 3 is 2.75 bits per heavy atom. The molecule has 0 bridgehead atoms. The van der Waals surface area contributed by atoms with E-state index in [-0.39, 0.29) is 0 Å². The highest BCUT2D eigenvalue weighted by molar-refractivity contribution is 5.80. The van der Waals surface area contributed by atoms with Gasteiger partial charge in [-0.25, -0.2) is 19.9 Å². The van der Waals surface area contributed by atoms with E-state index in [0.717, 1.165) is 0 Å². The lowest BCUT2D eigenvalue weighted by molar-refractivity contribution is 1.06. The zero-order chi connectivity index (χ0) is 8.55. The number of nitrogens with zero attached hydrogens (tertiary/aromatic N) is 4. The van der Waals surface area contributed by atoms with Crippen molar-refractivity contribution in [2.24, 2.45) is 0 Å². The quantitative estimate of drug-likeness (QED) is 0.601. The fourth-order valence-electron chi connectivity index (χ4n) is 0.999. The van der Waals surface area contributed by atoms with Gasteiger partial charge in [-0.15, -0.1) is 0 Å². The molecule has 0 atom stereocenters. The maximum Gasteiger partial charge on any atom is 0.183 e. The predicted octanol–water partition coefficient (Wildman–Crippen LogP) is 0.310. The molecule has 2 aromatic rings. The van der Waals surface area contributed by atoms with Gasteiger partial charge in [0.15, 0.2) is 11.5 Å². The average molecular weight is 161 g/mol. The van der Waals surface area contributed by atoms with Gasteiger partial charge >= 0.3 is 0 Å². The van der Waals surface area contributed by atoms with Gasteiger partial charge in [0.1, 0.15) is 11.3 Å². The lowest BCUT2D eigenvalue weighted by Gasteiger charge is -1.98. The predicted molar refractivity (Wildman–Crippen MR) is 44.3 cm³/mol. The van der Waals surface area contributed by atoms with E-state index in [9.17, 15) is 0 Å². The van der Waals surface area contributed by atoms with Crippen molar-refractivity contribution in [2.45, 2.75) is 6.92 Å². The number of hydrogen-bond donors (Lipinski definition) is 1. The van der Waals surface area contributed by atoms with E-state index in [1.165, 1.54) is 0 Å². The van der Waals surface area contributed by atoms with Gasteiger partial charge in [-0.2, -0.15) is 0 Å². The molecule has 0 saturated heterocycles. The summed E-state index contributed by atoms with van der Waals surface area (Å²) in [4.78, 5) is 16.1. The third-order valence-corrected chi connectivity index (χ3v) is 1.47. The Morgan fingerprint density at radius 1 is 1.17 bits per heavy atom. The van der Waals surface area contributed by atoms with Gasteiger partial charge in [0, 0.05) is 12.4 Å². The Kier molecular flexibility index (Phi) is 1.36. The van der Waals surface area contributed by atoms with Crippen LogP contribution in [0.15, 0.2) is 12.4 Å². The van der Waals surface area contributed by atoms with Gasteiger partial charge in [0.2, 0.25) is 0 Å². The van der Waals surface area contributed by atoms with Crippen molar-refractivity contribution in [3.63, 3.8) is 0 Å². The number of nitrogen functional groups attached to an aromatic ring is 1. The summed E-state index contributed by atoms with van der Waals surface area (Å²) in [7, 11) is 0. The second-order valence-corrected chi connectivity index (χ2v) is 2.38. The summed E-state index contributed by atoms with van der Waals surface area (Å²) in [6.07, 6.45) is 3.14. The summed E-state index contributed by atoms with van der Waals surface area (Å²) in [5, 5.41) is 0. The molecule has 60 valence electrons. The maximum absolute atomic E-state index is 5.60. The van der Waals surface area contributed by atoms with Crippen LogP contribution >= 0.6 is 0 Å². The Morgan fingerprint density at radius 2 is 1.92 bits per heavy atom. The summed E-state index contributed by atoms with van der Waals surface area (Å²) >= 11 is 0. The normalized spacial score (nSPS) is 10.4. The number of aryl methyl sites for hydroxylation is 1. The zero-order valence-electron chi connectivity index (χ0n) is 6.52. The fourth-order valence-corrected chi connectivity index (χ4v) is 0.999. The molecule has 0 spiro atoms. The number of fused-ring (bicyclic) bond motifs is 1. The molecular formula is C7H7N5. The number of nitrogens with two attached hydrogens (primary N) is 1. The minimum Gasteiger partial charge on any atom is -0.382 e. The molecule has 2 N–H and O–H groups in total. The molecule has 2 aromatic heterocycles. The summed E-state index contributed by atoms with van der Waals surface area (Å²) in [5.74, 6) is 0.992. The Labute approximate surface area is 68.7 Å². The molecule has 0 saturated carbocycles. The summed E-state index contributed by atoms with van der Waals surface area (Å²) in [6, 6.07) is 0. The molecule has 5 nitrogen and oxygen atoms in total. The third-order valence-electron chi connectivity index (χ3n) is 1.47. The van der Waals surface area contributed by atoms with Crippen molar-refractivity contribution in [2.75, 3.05) is 5.73 Å². The smallest absolute Gasteiger partial charge is 0.183 e. The van der Waals surface area contributed by atoms with Gasteiger partial charge < -0.3 is 5.73 Å². The largest absolute Gasteiger partial charge is 0.382 e. The molecule has 0 aromatic carbocycles. The second-order valence-electron chi connectivity index (χ2n) is 2.38. The average Bonchev–Trinajstić information content (AvgIpc) is 2.04. The highest BCUT2D eigenvalue weighted by atomic mass is 15.0. The fraction of sp³-hybridized carbons (Fsp3) is 0.143. The van der Waals surface area contributed by atoms with E-state index in [2.05, 4.69) is 19.9 Å². The van der Waals surface area contributed by atoms with Crippen LogP contribution in [0.25, 0.3) is 11.2 Å². The van der Waals surface area contributed by atoms with E-state index in [1.807, 2.05) is 0 Å². The zero-order valence-corrected chi connectivity index (χ0v) is 6.52. The number of aromatic nitrogens is 4. The molecular weight excluding hydrogens is 154 g/mol. The first-order chi connectivity index (χ1) is 5.77. The maximum atomic E-state index is 5.60. The first kappa shape index (κ1) is 6.90. The van der Waals surface area contributed by atoms with E-state index in [1.54, 1.807) is 19.3 Å². The first-order valence-corrected chi connectivity index (χ1v) is 3.48. The molecule has 0 amide bonds. The monoisotopic (exact) mass is 161 g/mol. The van der Waals surface area contributed by atoms with Crippen molar-refractivity contribution in [1.29, 1.82) is 0 Å². The van der Waals surface area contributed by atoms with Crippen LogP contribution in [-0.2, 0) is 0 Å². The van der Waals surface area contributed by atoms with Crippen LogP contribution in [0.1, 0.15) is 5.82 Å². The minimum absolute atomic E-state index is 0.380. The van der Waals surface area contributed by atoms with Crippen molar-refractivity contribution in [3.05, 3.63) is 18.2 Å². The lowest BCUT2D eigenvalue weighted by Crippen LogP contribution is -1.99. The van der Waals surface area contributed by atoms with Crippen molar-refractivity contribution in [1.82, 2.24) is 19.9 Å².